The van der Waals surface area contributed by atoms with Crippen LogP contribution in [0.2, 0.25) is 0 Å². The maximum absolute atomic E-state index is 12.8. The molecule has 1 aliphatic heterocycles. The summed E-state index contributed by atoms with van der Waals surface area (Å²) in [5.74, 6) is 0.938. The zero-order chi connectivity index (χ0) is 20.9. The van der Waals surface area contributed by atoms with E-state index in [1.165, 1.54) is 5.56 Å². The van der Waals surface area contributed by atoms with Crippen molar-refractivity contribution in [2.45, 2.75) is 39.5 Å². The first kappa shape index (κ1) is 20.5. The number of amides is 1. The van der Waals surface area contributed by atoms with Crippen LogP contribution in [0, 0.1) is 12.8 Å². The Labute approximate surface area is 181 Å². The zero-order valence-electron chi connectivity index (χ0n) is 17.5. The number of thiazole rings is 1. The van der Waals surface area contributed by atoms with Gasteiger partial charge in [0.15, 0.2) is 5.13 Å². The van der Waals surface area contributed by atoms with Crippen LogP contribution in [0.15, 0.2) is 42.9 Å². The van der Waals surface area contributed by atoms with E-state index in [1.807, 2.05) is 0 Å². The van der Waals surface area contributed by atoms with Crippen LogP contribution in [0.1, 0.15) is 36.6 Å². The van der Waals surface area contributed by atoms with Gasteiger partial charge in [-0.25, -0.2) is 9.97 Å². The van der Waals surface area contributed by atoms with Gasteiger partial charge in [0.2, 0.25) is 5.91 Å². The number of nitrogens with one attached hydrogen (secondary N) is 1. The Bertz CT molecular complexity index is 979. The molecular formula is C23H27N5OS. The summed E-state index contributed by atoms with van der Waals surface area (Å²) in [6, 6.07) is 8.59. The predicted molar refractivity (Wildman–Crippen MR) is 122 cm³/mol. The fourth-order valence-electron chi connectivity index (χ4n) is 3.87. The normalized spacial score (nSPS) is 14.7. The monoisotopic (exact) mass is 421 g/mol. The lowest BCUT2D eigenvalue weighted by molar-refractivity contribution is -0.120. The molecule has 30 heavy (non-hydrogen) atoms. The second-order valence-electron chi connectivity index (χ2n) is 7.68. The van der Waals surface area contributed by atoms with Crippen LogP contribution in [-0.4, -0.2) is 33.9 Å². The lowest BCUT2D eigenvalue weighted by Crippen LogP contribution is -2.38. The van der Waals surface area contributed by atoms with E-state index in [1.54, 1.807) is 29.9 Å². The average Bonchev–Trinajstić information content (AvgIpc) is 3.15. The van der Waals surface area contributed by atoms with Crippen molar-refractivity contribution in [2.75, 3.05) is 23.3 Å². The van der Waals surface area contributed by atoms with Gasteiger partial charge in [-0.05, 0) is 31.7 Å². The summed E-state index contributed by atoms with van der Waals surface area (Å²) in [6.45, 7) is 5.86. The quantitative estimate of drug-likeness (QED) is 0.624. The van der Waals surface area contributed by atoms with E-state index in [0.717, 1.165) is 60.7 Å². The third kappa shape index (κ3) is 4.67. The van der Waals surface area contributed by atoms with E-state index >= 15 is 0 Å². The van der Waals surface area contributed by atoms with E-state index in [2.05, 4.69) is 58.3 Å². The molecule has 1 amide bonds. The van der Waals surface area contributed by atoms with Crippen LogP contribution in [0.3, 0.4) is 0 Å². The molecule has 0 spiro atoms. The molecule has 3 heterocycles. The lowest BCUT2D eigenvalue weighted by atomic mass is 9.96. The minimum absolute atomic E-state index is 0.00101. The van der Waals surface area contributed by atoms with Gasteiger partial charge in [0.25, 0.3) is 0 Å². The van der Waals surface area contributed by atoms with E-state index in [-0.39, 0.29) is 11.8 Å². The summed E-state index contributed by atoms with van der Waals surface area (Å²) in [5.41, 5.74) is 3.40. The summed E-state index contributed by atoms with van der Waals surface area (Å²) in [5, 5.41) is 3.73. The second kappa shape index (κ2) is 9.34. The van der Waals surface area contributed by atoms with E-state index in [9.17, 15) is 4.79 Å². The van der Waals surface area contributed by atoms with Crippen LogP contribution in [-0.2, 0) is 11.2 Å². The number of aromatic nitrogens is 3. The molecule has 7 heteroatoms. The highest BCUT2D eigenvalue weighted by Crippen LogP contribution is 2.31. The fraction of sp³-hybridized carbons (Fsp3) is 0.391. The van der Waals surface area contributed by atoms with Gasteiger partial charge in [-0.15, -0.1) is 11.3 Å². The molecule has 156 valence electrons. The summed E-state index contributed by atoms with van der Waals surface area (Å²) >= 11 is 1.54. The Morgan fingerprint density at radius 3 is 2.63 bits per heavy atom. The molecular weight excluding hydrogens is 394 g/mol. The van der Waals surface area contributed by atoms with Crippen molar-refractivity contribution in [3.63, 3.8) is 0 Å². The first-order chi connectivity index (χ1) is 14.6. The average molecular weight is 422 g/mol. The minimum Gasteiger partial charge on any atom is -0.355 e. The highest BCUT2D eigenvalue weighted by Gasteiger charge is 2.26. The van der Waals surface area contributed by atoms with Crippen molar-refractivity contribution < 1.29 is 4.79 Å². The Hall–Kier alpha value is -2.80. The van der Waals surface area contributed by atoms with Crippen LogP contribution in [0.5, 0.6) is 0 Å². The molecule has 2 aromatic heterocycles. The van der Waals surface area contributed by atoms with Crippen molar-refractivity contribution in [3.8, 4) is 11.3 Å². The van der Waals surface area contributed by atoms with Crippen molar-refractivity contribution in [2.24, 2.45) is 5.92 Å². The van der Waals surface area contributed by atoms with E-state index < -0.39 is 0 Å². The molecule has 0 radical (unpaired) electrons. The Kier molecular flexibility index (Phi) is 6.38. The van der Waals surface area contributed by atoms with Gasteiger partial charge in [-0.1, -0.05) is 37.6 Å². The summed E-state index contributed by atoms with van der Waals surface area (Å²) in [7, 11) is 0. The van der Waals surface area contributed by atoms with Crippen molar-refractivity contribution in [1.82, 2.24) is 15.0 Å². The maximum Gasteiger partial charge on any atom is 0.229 e. The van der Waals surface area contributed by atoms with Gasteiger partial charge >= 0.3 is 0 Å². The molecule has 0 saturated carbocycles. The number of carbonyl (C=O) groups excluding carboxylic acids is 1. The van der Waals surface area contributed by atoms with Gasteiger partial charge < -0.3 is 10.2 Å². The Morgan fingerprint density at radius 2 is 1.97 bits per heavy atom. The lowest BCUT2D eigenvalue weighted by Gasteiger charge is -2.31. The molecule has 4 rings (SSSR count). The number of hydrogen-bond acceptors (Lipinski definition) is 6. The van der Waals surface area contributed by atoms with Gasteiger partial charge in [0.05, 0.1) is 11.9 Å². The second-order valence-corrected chi connectivity index (χ2v) is 8.89. The maximum atomic E-state index is 12.8. The largest absolute Gasteiger partial charge is 0.355 e. The van der Waals surface area contributed by atoms with Crippen LogP contribution in [0.4, 0.5) is 10.9 Å². The standard InChI is InChI=1S/C23H27N5OS/c1-3-4-17-5-7-18(8-6-17)21-16(2)30-23(26-21)27-22(29)19-9-13-28(14-10-19)20-15-24-11-12-25-20/h5-8,11-12,15,19H,3-4,9-10,13-14H2,1-2H3,(H,26,27,29). The summed E-state index contributed by atoms with van der Waals surface area (Å²) < 4.78 is 0. The SMILES string of the molecule is CCCc1ccc(-c2nc(NC(=O)C3CCN(c4cnccn4)CC3)sc2C)cc1. The minimum atomic E-state index is -0.00101. The van der Waals surface area contributed by atoms with Crippen LogP contribution >= 0.6 is 11.3 Å². The number of nitrogens with zero attached hydrogens (tertiary/aromatic N) is 4. The number of rotatable bonds is 6. The van der Waals surface area contributed by atoms with Crippen molar-refractivity contribution >= 4 is 28.2 Å². The molecule has 0 aliphatic carbocycles. The predicted octanol–water partition coefficient (Wildman–Crippen LogP) is 4.72. The Morgan fingerprint density at radius 1 is 1.20 bits per heavy atom. The fourth-order valence-corrected chi connectivity index (χ4v) is 4.71. The van der Waals surface area contributed by atoms with Gasteiger partial charge in [-0.3, -0.25) is 9.78 Å². The first-order valence-corrected chi connectivity index (χ1v) is 11.3. The third-order valence-electron chi connectivity index (χ3n) is 5.53. The molecule has 0 unspecified atom stereocenters. The molecule has 0 bridgehead atoms. The van der Waals surface area contributed by atoms with Crippen LogP contribution < -0.4 is 10.2 Å². The third-order valence-corrected chi connectivity index (χ3v) is 6.42. The smallest absolute Gasteiger partial charge is 0.229 e. The molecule has 0 atom stereocenters. The van der Waals surface area contributed by atoms with Crippen LogP contribution in [0.25, 0.3) is 11.3 Å². The molecule has 1 saturated heterocycles. The topological polar surface area (TPSA) is 71.0 Å². The molecule has 1 aliphatic rings. The number of carbonyl (C=O) groups is 1. The Balaban J connectivity index is 1.37. The number of anilines is 2. The number of piperidine rings is 1. The molecule has 1 fully saturated rings. The molecule has 1 N–H and O–H groups in total. The molecule has 1 aromatic carbocycles. The number of hydrogen-bond donors (Lipinski definition) is 1. The molecule has 6 nitrogen and oxygen atoms in total. The van der Waals surface area contributed by atoms with E-state index in [0.29, 0.717) is 5.13 Å². The highest BCUT2D eigenvalue weighted by atomic mass is 32.1. The summed E-state index contributed by atoms with van der Waals surface area (Å²) in [4.78, 5) is 29.3. The van der Waals surface area contributed by atoms with Crippen molar-refractivity contribution in [3.05, 3.63) is 53.3 Å². The molecule has 3 aromatic rings. The highest BCUT2D eigenvalue weighted by molar-refractivity contribution is 7.16. The van der Waals surface area contributed by atoms with Gasteiger partial charge in [0, 0.05) is 41.8 Å². The van der Waals surface area contributed by atoms with Crippen molar-refractivity contribution in [1.29, 1.82) is 0 Å². The zero-order valence-corrected chi connectivity index (χ0v) is 18.3. The van der Waals surface area contributed by atoms with Gasteiger partial charge in [0.1, 0.15) is 5.82 Å². The van der Waals surface area contributed by atoms with E-state index in [4.69, 9.17) is 4.98 Å². The first-order valence-electron chi connectivity index (χ1n) is 10.5. The summed E-state index contributed by atoms with van der Waals surface area (Å²) in [6.07, 6.45) is 8.99. The van der Waals surface area contributed by atoms with Gasteiger partial charge in [-0.2, -0.15) is 0 Å². The number of benzene rings is 1. The number of aryl methyl sites for hydroxylation is 2.